The van der Waals surface area contributed by atoms with E-state index in [1.165, 1.54) is 38.5 Å². The topological polar surface area (TPSA) is 29.5 Å². The summed E-state index contributed by atoms with van der Waals surface area (Å²) in [7, 11) is 1.70. The fraction of sp³-hybridized carbons (Fsp3) is 1.00. The molecule has 2 unspecified atom stereocenters. The predicted molar refractivity (Wildman–Crippen MR) is 74.3 cm³/mol. The Kier molecular flexibility index (Phi) is 12.3. The third-order valence-corrected chi connectivity index (χ3v) is 3.41. The van der Waals surface area contributed by atoms with Crippen molar-refractivity contribution < 1.29 is 9.84 Å². The maximum atomic E-state index is 9.96. The van der Waals surface area contributed by atoms with Gasteiger partial charge < -0.3 is 9.84 Å². The maximum absolute atomic E-state index is 9.96. The Bertz CT molecular complexity index is 148. The van der Waals surface area contributed by atoms with Crippen molar-refractivity contribution in [1.82, 2.24) is 0 Å². The van der Waals surface area contributed by atoms with Crippen LogP contribution in [0.1, 0.15) is 78.1 Å². The standard InChI is InChI=1S/C15H32O2/c1-4-6-7-8-9-10-11-13-14(16)15(17-3)12-5-2/h14-16H,4-13H2,1-3H3. The number of methoxy groups -OCH3 is 1. The van der Waals surface area contributed by atoms with Gasteiger partial charge in [0.05, 0.1) is 12.2 Å². The summed E-state index contributed by atoms with van der Waals surface area (Å²) in [4.78, 5) is 0. The van der Waals surface area contributed by atoms with E-state index in [0.717, 1.165) is 25.7 Å². The summed E-state index contributed by atoms with van der Waals surface area (Å²) < 4.78 is 5.31. The largest absolute Gasteiger partial charge is 0.390 e. The van der Waals surface area contributed by atoms with E-state index < -0.39 is 0 Å². The Morgan fingerprint density at radius 1 is 0.824 bits per heavy atom. The van der Waals surface area contributed by atoms with Crippen LogP contribution >= 0.6 is 0 Å². The zero-order valence-electron chi connectivity index (χ0n) is 12.1. The van der Waals surface area contributed by atoms with Crippen molar-refractivity contribution in [3.63, 3.8) is 0 Å². The van der Waals surface area contributed by atoms with Gasteiger partial charge in [0.15, 0.2) is 0 Å². The lowest BCUT2D eigenvalue weighted by Gasteiger charge is -2.20. The zero-order chi connectivity index (χ0) is 12.9. The molecule has 0 spiro atoms. The highest BCUT2D eigenvalue weighted by Gasteiger charge is 2.16. The highest BCUT2D eigenvalue weighted by Crippen LogP contribution is 2.14. The first-order valence-corrected chi connectivity index (χ1v) is 7.47. The van der Waals surface area contributed by atoms with Gasteiger partial charge in [0.25, 0.3) is 0 Å². The van der Waals surface area contributed by atoms with Gasteiger partial charge in [0.1, 0.15) is 0 Å². The van der Waals surface area contributed by atoms with Crippen LogP contribution in [0.5, 0.6) is 0 Å². The van der Waals surface area contributed by atoms with Gasteiger partial charge >= 0.3 is 0 Å². The lowest BCUT2D eigenvalue weighted by molar-refractivity contribution is -0.0211. The predicted octanol–water partition coefficient (Wildman–Crippen LogP) is 4.30. The van der Waals surface area contributed by atoms with Crippen molar-refractivity contribution in [2.75, 3.05) is 7.11 Å². The van der Waals surface area contributed by atoms with Crippen molar-refractivity contribution in [2.45, 2.75) is 90.3 Å². The molecule has 0 aliphatic heterocycles. The highest BCUT2D eigenvalue weighted by atomic mass is 16.5. The summed E-state index contributed by atoms with van der Waals surface area (Å²) in [5.74, 6) is 0. The number of rotatable bonds is 12. The molecule has 0 aliphatic rings. The van der Waals surface area contributed by atoms with Gasteiger partial charge in [-0.25, -0.2) is 0 Å². The second kappa shape index (κ2) is 12.4. The van der Waals surface area contributed by atoms with Crippen LogP contribution in [0, 0.1) is 0 Å². The van der Waals surface area contributed by atoms with Gasteiger partial charge in [-0.1, -0.05) is 65.2 Å². The summed E-state index contributed by atoms with van der Waals surface area (Å²) in [5.41, 5.74) is 0. The van der Waals surface area contributed by atoms with E-state index in [0.29, 0.717) is 0 Å². The van der Waals surface area contributed by atoms with E-state index in [-0.39, 0.29) is 12.2 Å². The molecule has 0 amide bonds. The second-order valence-electron chi connectivity index (χ2n) is 5.04. The molecule has 0 saturated heterocycles. The number of aliphatic hydroxyl groups excluding tert-OH is 1. The minimum Gasteiger partial charge on any atom is -0.390 e. The molecule has 2 nitrogen and oxygen atoms in total. The fourth-order valence-corrected chi connectivity index (χ4v) is 2.25. The van der Waals surface area contributed by atoms with E-state index in [1.807, 2.05) is 0 Å². The second-order valence-corrected chi connectivity index (χ2v) is 5.04. The number of hydrogen-bond donors (Lipinski definition) is 1. The van der Waals surface area contributed by atoms with Crippen LogP contribution < -0.4 is 0 Å². The first kappa shape index (κ1) is 16.9. The van der Waals surface area contributed by atoms with E-state index >= 15 is 0 Å². The number of aliphatic hydroxyl groups is 1. The molecule has 0 aromatic carbocycles. The number of ether oxygens (including phenoxy) is 1. The Morgan fingerprint density at radius 2 is 1.41 bits per heavy atom. The molecule has 0 saturated carbocycles. The van der Waals surface area contributed by atoms with Gasteiger partial charge in [-0.05, 0) is 12.8 Å². The van der Waals surface area contributed by atoms with Gasteiger partial charge in [-0.15, -0.1) is 0 Å². The molecular weight excluding hydrogens is 212 g/mol. The smallest absolute Gasteiger partial charge is 0.0830 e. The molecule has 17 heavy (non-hydrogen) atoms. The molecule has 0 fully saturated rings. The van der Waals surface area contributed by atoms with Gasteiger partial charge in [-0.2, -0.15) is 0 Å². The van der Waals surface area contributed by atoms with Gasteiger partial charge in [-0.3, -0.25) is 0 Å². The molecular formula is C15H32O2. The lowest BCUT2D eigenvalue weighted by atomic mass is 10.0. The van der Waals surface area contributed by atoms with E-state index in [1.54, 1.807) is 7.11 Å². The Labute approximate surface area is 108 Å². The molecule has 0 rings (SSSR count). The van der Waals surface area contributed by atoms with Crippen molar-refractivity contribution in [3.05, 3.63) is 0 Å². The SMILES string of the molecule is CCCCCCCCCC(O)C(CCC)OC. The molecule has 0 aromatic rings. The molecule has 2 heteroatoms. The Balaban J connectivity index is 3.39. The summed E-state index contributed by atoms with van der Waals surface area (Å²) >= 11 is 0. The molecule has 104 valence electrons. The van der Waals surface area contributed by atoms with Crippen LogP contribution in [-0.2, 0) is 4.74 Å². The monoisotopic (exact) mass is 244 g/mol. The lowest BCUT2D eigenvalue weighted by Crippen LogP contribution is -2.27. The van der Waals surface area contributed by atoms with Crippen molar-refractivity contribution in [3.8, 4) is 0 Å². The Hall–Kier alpha value is -0.0800. The van der Waals surface area contributed by atoms with Crippen LogP contribution in [0.3, 0.4) is 0 Å². The molecule has 0 bridgehead atoms. The normalized spacial score (nSPS) is 14.8. The molecule has 0 radical (unpaired) electrons. The van der Waals surface area contributed by atoms with Crippen molar-refractivity contribution in [1.29, 1.82) is 0 Å². The first-order chi connectivity index (χ1) is 8.26. The quantitative estimate of drug-likeness (QED) is 0.519. The zero-order valence-corrected chi connectivity index (χ0v) is 12.1. The van der Waals surface area contributed by atoms with E-state index in [4.69, 9.17) is 4.74 Å². The van der Waals surface area contributed by atoms with Crippen molar-refractivity contribution >= 4 is 0 Å². The van der Waals surface area contributed by atoms with Crippen LogP contribution in [-0.4, -0.2) is 24.4 Å². The van der Waals surface area contributed by atoms with Crippen LogP contribution in [0.2, 0.25) is 0 Å². The minimum absolute atomic E-state index is 0.0418. The van der Waals surface area contributed by atoms with E-state index in [2.05, 4.69) is 13.8 Å². The third kappa shape index (κ3) is 9.61. The van der Waals surface area contributed by atoms with Crippen LogP contribution in [0.15, 0.2) is 0 Å². The first-order valence-electron chi connectivity index (χ1n) is 7.47. The van der Waals surface area contributed by atoms with Gasteiger partial charge in [0.2, 0.25) is 0 Å². The fourth-order valence-electron chi connectivity index (χ4n) is 2.25. The molecule has 1 N–H and O–H groups in total. The summed E-state index contributed by atoms with van der Waals surface area (Å²) in [5, 5.41) is 9.96. The average molecular weight is 244 g/mol. The van der Waals surface area contributed by atoms with Crippen molar-refractivity contribution in [2.24, 2.45) is 0 Å². The summed E-state index contributed by atoms with van der Waals surface area (Å²) in [6, 6.07) is 0. The molecule has 0 heterocycles. The molecule has 2 atom stereocenters. The van der Waals surface area contributed by atoms with Gasteiger partial charge in [0, 0.05) is 7.11 Å². The maximum Gasteiger partial charge on any atom is 0.0830 e. The summed E-state index contributed by atoms with van der Waals surface area (Å²) in [6.45, 7) is 4.38. The van der Waals surface area contributed by atoms with E-state index in [9.17, 15) is 5.11 Å². The average Bonchev–Trinajstić information content (AvgIpc) is 2.34. The molecule has 0 aromatic heterocycles. The number of hydrogen-bond acceptors (Lipinski definition) is 2. The van der Waals surface area contributed by atoms with Crippen LogP contribution in [0.25, 0.3) is 0 Å². The minimum atomic E-state index is -0.268. The summed E-state index contributed by atoms with van der Waals surface area (Å²) in [6.07, 6.45) is 11.8. The third-order valence-electron chi connectivity index (χ3n) is 3.41. The van der Waals surface area contributed by atoms with Crippen LogP contribution in [0.4, 0.5) is 0 Å². The molecule has 0 aliphatic carbocycles. The number of unbranched alkanes of at least 4 members (excludes halogenated alkanes) is 6. The highest BCUT2D eigenvalue weighted by molar-refractivity contribution is 4.68. The Morgan fingerprint density at radius 3 is 1.94 bits per heavy atom.